The van der Waals surface area contributed by atoms with Crippen molar-refractivity contribution >= 4 is 0 Å². The van der Waals surface area contributed by atoms with Crippen LogP contribution in [0.25, 0.3) is 11.3 Å². The lowest BCUT2D eigenvalue weighted by Crippen LogP contribution is -2.21. The van der Waals surface area contributed by atoms with Crippen LogP contribution in [0.4, 0.5) is 13.2 Å². The molecular formula is C22H30F3N3O. The molecule has 4 nitrogen and oxygen atoms in total. The molecule has 0 saturated heterocycles. The lowest BCUT2D eigenvalue weighted by Gasteiger charge is -2.27. The van der Waals surface area contributed by atoms with Gasteiger partial charge in [0, 0.05) is 17.7 Å². The maximum Gasteiger partial charge on any atom is 0.419 e. The van der Waals surface area contributed by atoms with Crippen LogP contribution in [0.15, 0.2) is 18.3 Å². The van der Waals surface area contributed by atoms with Gasteiger partial charge in [-0.15, -0.1) is 0 Å². The zero-order chi connectivity index (χ0) is 21.0. The third-order valence-corrected chi connectivity index (χ3v) is 5.61. The SMILES string of the molecule is CCCCN(C)Cc1cn[nH]c1-c1cc(C)c(OCC2CCC2)c(C(F)(F)F)c1. The Morgan fingerprint density at radius 2 is 2.03 bits per heavy atom. The summed E-state index contributed by atoms with van der Waals surface area (Å²) >= 11 is 0. The fourth-order valence-corrected chi connectivity index (χ4v) is 3.66. The summed E-state index contributed by atoms with van der Waals surface area (Å²) in [5.41, 5.74) is 1.79. The molecule has 0 spiro atoms. The lowest BCUT2D eigenvalue weighted by atomic mass is 9.86. The maximum absolute atomic E-state index is 13.8. The molecule has 1 aliphatic carbocycles. The van der Waals surface area contributed by atoms with Crippen LogP contribution < -0.4 is 4.74 Å². The minimum Gasteiger partial charge on any atom is -0.492 e. The molecule has 1 aromatic carbocycles. The number of H-pyrrole nitrogens is 1. The van der Waals surface area contributed by atoms with E-state index in [0.29, 0.717) is 35.9 Å². The molecule has 1 saturated carbocycles. The number of unbranched alkanes of at least 4 members (excludes halogenated alkanes) is 1. The van der Waals surface area contributed by atoms with Gasteiger partial charge in [-0.3, -0.25) is 5.10 Å². The first-order valence-corrected chi connectivity index (χ1v) is 10.4. The standard InChI is InChI=1S/C22H30F3N3O/c1-4-5-9-28(3)13-18-12-26-27-20(18)17-10-15(2)21(19(11-17)22(23,24)25)29-14-16-7-6-8-16/h10-12,16H,4-9,13-14H2,1-3H3,(H,26,27). The molecule has 1 N–H and O–H groups in total. The van der Waals surface area contributed by atoms with Crippen LogP contribution in [0.2, 0.25) is 0 Å². The van der Waals surface area contributed by atoms with Crippen molar-refractivity contribution in [3.63, 3.8) is 0 Å². The molecule has 1 fully saturated rings. The van der Waals surface area contributed by atoms with Gasteiger partial charge in [-0.25, -0.2) is 0 Å². The van der Waals surface area contributed by atoms with E-state index in [2.05, 4.69) is 22.0 Å². The van der Waals surface area contributed by atoms with Gasteiger partial charge in [0.05, 0.1) is 24.1 Å². The van der Waals surface area contributed by atoms with Crippen molar-refractivity contribution in [1.82, 2.24) is 15.1 Å². The van der Waals surface area contributed by atoms with Gasteiger partial charge in [0.25, 0.3) is 0 Å². The van der Waals surface area contributed by atoms with E-state index in [4.69, 9.17) is 4.74 Å². The molecule has 0 unspecified atom stereocenters. The molecule has 2 aromatic rings. The predicted octanol–water partition coefficient (Wildman–Crippen LogP) is 5.81. The number of aromatic amines is 1. The zero-order valence-electron chi connectivity index (χ0n) is 17.4. The number of aromatic nitrogens is 2. The van der Waals surface area contributed by atoms with Crippen LogP contribution in [0, 0.1) is 12.8 Å². The molecule has 0 atom stereocenters. The molecule has 0 amide bonds. The minimum atomic E-state index is -4.48. The van der Waals surface area contributed by atoms with Crippen LogP contribution in [-0.2, 0) is 12.7 Å². The molecule has 0 aliphatic heterocycles. The third kappa shape index (κ3) is 5.32. The van der Waals surface area contributed by atoms with Gasteiger partial charge in [-0.2, -0.15) is 18.3 Å². The molecule has 0 radical (unpaired) electrons. The van der Waals surface area contributed by atoms with Gasteiger partial charge in [-0.05, 0) is 63.4 Å². The first kappa shape index (κ1) is 21.7. The molecule has 3 rings (SSSR count). The van der Waals surface area contributed by atoms with Crippen molar-refractivity contribution in [2.45, 2.75) is 58.7 Å². The van der Waals surface area contributed by atoms with E-state index < -0.39 is 11.7 Å². The van der Waals surface area contributed by atoms with Crippen molar-refractivity contribution in [3.05, 3.63) is 35.0 Å². The van der Waals surface area contributed by atoms with Crippen molar-refractivity contribution in [2.75, 3.05) is 20.2 Å². The summed E-state index contributed by atoms with van der Waals surface area (Å²) < 4.78 is 47.1. The largest absolute Gasteiger partial charge is 0.492 e. The molecule has 1 aliphatic rings. The molecule has 1 aromatic heterocycles. The van der Waals surface area contributed by atoms with Crippen LogP contribution in [-0.4, -0.2) is 35.3 Å². The third-order valence-electron chi connectivity index (χ3n) is 5.61. The summed E-state index contributed by atoms with van der Waals surface area (Å²) in [5, 5.41) is 6.98. The Hall–Kier alpha value is -2.02. The Bertz CT molecular complexity index is 812. The van der Waals surface area contributed by atoms with E-state index in [1.54, 1.807) is 19.2 Å². The summed E-state index contributed by atoms with van der Waals surface area (Å²) in [5.74, 6) is 0.322. The molecule has 0 bridgehead atoms. The smallest absolute Gasteiger partial charge is 0.419 e. The second kappa shape index (κ2) is 9.20. The van der Waals surface area contributed by atoms with E-state index in [-0.39, 0.29) is 5.75 Å². The highest BCUT2D eigenvalue weighted by molar-refractivity contribution is 5.67. The summed E-state index contributed by atoms with van der Waals surface area (Å²) in [6, 6.07) is 2.95. The van der Waals surface area contributed by atoms with Crippen molar-refractivity contribution in [3.8, 4) is 17.0 Å². The van der Waals surface area contributed by atoms with Crippen molar-refractivity contribution in [2.24, 2.45) is 5.92 Å². The van der Waals surface area contributed by atoms with Gasteiger partial charge < -0.3 is 9.64 Å². The second-order valence-corrected chi connectivity index (χ2v) is 8.14. The fourth-order valence-electron chi connectivity index (χ4n) is 3.66. The summed E-state index contributed by atoms with van der Waals surface area (Å²) in [4.78, 5) is 2.16. The number of alkyl halides is 3. The average molecular weight is 409 g/mol. The highest BCUT2D eigenvalue weighted by atomic mass is 19.4. The fraction of sp³-hybridized carbons (Fsp3) is 0.591. The Labute approximate surface area is 170 Å². The van der Waals surface area contributed by atoms with E-state index in [9.17, 15) is 13.2 Å². The Morgan fingerprint density at radius 3 is 2.66 bits per heavy atom. The van der Waals surface area contributed by atoms with Crippen molar-refractivity contribution < 1.29 is 17.9 Å². The quantitative estimate of drug-likeness (QED) is 0.568. The summed E-state index contributed by atoms with van der Waals surface area (Å²) in [6.07, 6.45) is 2.58. The number of benzene rings is 1. The van der Waals surface area contributed by atoms with Crippen LogP contribution in [0.5, 0.6) is 5.75 Å². The van der Waals surface area contributed by atoms with Gasteiger partial charge in [0.2, 0.25) is 0 Å². The topological polar surface area (TPSA) is 41.2 Å². The number of hydrogen-bond acceptors (Lipinski definition) is 3. The first-order chi connectivity index (χ1) is 13.8. The maximum atomic E-state index is 13.8. The number of ether oxygens (including phenoxy) is 1. The van der Waals surface area contributed by atoms with Crippen molar-refractivity contribution in [1.29, 1.82) is 0 Å². The predicted molar refractivity (Wildman–Crippen MR) is 108 cm³/mol. The second-order valence-electron chi connectivity index (χ2n) is 8.14. The molecule has 1 heterocycles. The Balaban J connectivity index is 1.88. The van der Waals surface area contributed by atoms with Gasteiger partial charge in [0.1, 0.15) is 5.75 Å². The van der Waals surface area contributed by atoms with Crippen LogP contribution in [0.1, 0.15) is 55.7 Å². The molecule has 7 heteroatoms. The number of rotatable bonds is 9. The van der Waals surface area contributed by atoms with Gasteiger partial charge >= 0.3 is 6.18 Å². The molecular weight excluding hydrogens is 379 g/mol. The van der Waals surface area contributed by atoms with Crippen LogP contribution >= 0.6 is 0 Å². The molecule has 29 heavy (non-hydrogen) atoms. The van der Waals surface area contributed by atoms with E-state index in [1.165, 1.54) is 6.07 Å². The first-order valence-electron chi connectivity index (χ1n) is 10.4. The van der Waals surface area contributed by atoms with E-state index >= 15 is 0 Å². The van der Waals surface area contributed by atoms with Crippen LogP contribution in [0.3, 0.4) is 0 Å². The molecule has 160 valence electrons. The zero-order valence-corrected chi connectivity index (χ0v) is 17.4. The summed E-state index contributed by atoms with van der Waals surface area (Å²) in [7, 11) is 2.01. The highest BCUT2D eigenvalue weighted by Gasteiger charge is 2.36. The Morgan fingerprint density at radius 1 is 1.28 bits per heavy atom. The highest BCUT2D eigenvalue weighted by Crippen LogP contribution is 2.42. The number of hydrogen-bond donors (Lipinski definition) is 1. The monoisotopic (exact) mass is 409 g/mol. The number of halogens is 3. The number of nitrogens with one attached hydrogen (secondary N) is 1. The van der Waals surface area contributed by atoms with Gasteiger partial charge in [0.15, 0.2) is 0 Å². The average Bonchev–Trinajstić information content (AvgIpc) is 3.06. The number of nitrogens with zero attached hydrogens (tertiary/aromatic N) is 2. The lowest BCUT2D eigenvalue weighted by molar-refractivity contribution is -0.139. The normalized spacial score (nSPS) is 15.0. The summed E-state index contributed by atoms with van der Waals surface area (Å²) in [6.45, 7) is 5.72. The Kier molecular flexibility index (Phi) is 6.88. The van der Waals surface area contributed by atoms with Gasteiger partial charge in [-0.1, -0.05) is 19.8 Å². The van der Waals surface area contributed by atoms with E-state index in [0.717, 1.165) is 44.2 Å². The van der Waals surface area contributed by atoms with E-state index in [1.807, 2.05) is 7.05 Å². The number of aryl methyl sites for hydroxylation is 1. The minimum absolute atomic E-state index is 0.0470.